The lowest BCUT2D eigenvalue weighted by molar-refractivity contribution is -0.155. The van der Waals surface area contributed by atoms with Gasteiger partial charge in [-0.15, -0.1) is 11.3 Å². The van der Waals surface area contributed by atoms with Gasteiger partial charge < -0.3 is 33.9 Å². The maximum Gasteiger partial charge on any atom is 0.324 e. The molecule has 7 heterocycles. The summed E-state index contributed by atoms with van der Waals surface area (Å²) in [4.78, 5) is 72.5. The minimum absolute atomic E-state index is 0. The number of urea groups is 1. The third-order valence-electron chi connectivity index (χ3n) is 13.6. The number of esters is 1. The number of benzene rings is 1. The molecule has 4 aliphatic heterocycles. The van der Waals surface area contributed by atoms with E-state index in [-0.39, 0.29) is 124 Å². The summed E-state index contributed by atoms with van der Waals surface area (Å²) in [7, 11) is 5.39. The van der Waals surface area contributed by atoms with Crippen LogP contribution in [0.3, 0.4) is 0 Å². The average molecular weight is 1120 g/mol. The summed E-state index contributed by atoms with van der Waals surface area (Å²) in [5.41, 5.74) is 9.38. The van der Waals surface area contributed by atoms with Gasteiger partial charge in [-0.1, -0.05) is 33.8 Å². The number of cyclic esters (lactones) is 1. The Kier molecular flexibility index (Phi) is 24.5. The van der Waals surface area contributed by atoms with E-state index in [0.29, 0.717) is 57.1 Å². The molecule has 4 amide bonds. The van der Waals surface area contributed by atoms with E-state index < -0.39 is 41.3 Å². The highest BCUT2D eigenvalue weighted by atomic mass is 32.1. The van der Waals surface area contributed by atoms with Crippen LogP contribution in [0, 0.1) is 11.3 Å². The second-order valence-corrected chi connectivity index (χ2v) is 20.2. The minimum atomic E-state index is -1.05. The number of nitrogens with zero attached hydrogens (tertiary/aromatic N) is 7. The first-order chi connectivity index (χ1) is 31.1. The number of aryl methyl sites for hydroxylation is 1. The van der Waals surface area contributed by atoms with Crippen molar-refractivity contribution >= 4 is 127 Å². The van der Waals surface area contributed by atoms with Crippen LogP contribution in [0.2, 0.25) is 0 Å². The standard InChI is InChI=1S/C48H65N9O7S.6H2S/c1-10-56-37-16-15-30-21-32(37)33(43(56)31-13-11-17-49-41(31)29(4)62-9)23-48(5,6)27-64-46(60)34-14-12-18-57(52-34)45(59)35(22-40-50-36(30)26-65-40)51-44(58)42(28(2)3)54(8)47(61)55-24-38-39(25-55)63-20-19-53(38)7;;;;;;/h11,13,15-17,21,26,28-29,34-35,38-39,42,52H,10,12,14,18-20,22-25,27H2,1-9H3,(H,51,58);6*1H2/t29-,34-,35-,38-,39-,42-;;;;;;/m0....../s1. The van der Waals surface area contributed by atoms with Crippen molar-refractivity contribution in [1.82, 2.24) is 45.0 Å². The topological polar surface area (TPSA) is 164 Å². The molecule has 398 valence electrons. The molecule has 4 aliphatic rings. The number of carbonyl (C=O) groups is 4. The van der Waals surface area contributed by atoms with E-state index in [1.807, 2.05) is 39.3 Å². The van der Waals surface area contributed by atoms with Crippen LogP contribution in [0.25, 0.3) is 33.4 Å². The number of carbonyl (C=O) groups excluding carboxylic acids is 4. The first-order valence-electron chi connectivity index (χ1n) is 23.0. The summed E-state index contributed by atoms with van der Waals surface area (Å²) >= 11 is 1.43. The van der Waals surface area contributed by atoms with Crippen LogP contribution < -0.4 is 10.7 Å². The van der Waals surface area contributed by atoms with Crippen LogP contribution in [0.5, 0.6) is 0 Å². The fourth-order valence-corrected chi connectivity index (χ4v) is 11.0. The van der Waals surface area contributed by atoms with Crippen LogP contribution in [0.4, 0.5) is 4.79 Å². The molecule has 0 radical (unpaired) electrons. The first-order valence-corrected chi connectivity index (χ1v) is 23.9. The monoisotopic (exact) mass is 1120 g/mol. The van der Waals surface area contributed by atoms with Gasteiger partial charge in [-0.3, -0.25) is 29.3 Å². The summed E-state index contributed by atoms with van der Waals surface area (Å²) in [5.74, 6) is -1.56. The van der Waals surface area contributed by atoms with Crippen molar-refractivity contribution in [2.24, 2.45) is 11.3 Å². The highest BCUT2D eigenvalue weighted by Gasteiger charge is 2.44. The predicted molar refractivity (Wildman–Crippen MR) is 311 cm³/mol. The molecule has 6 bridgehead atoms. The van der Waals surface area contributed by atoms with Gasteiger partial charge in [-0.05, 0) is 75.9 Å². The number of rotatable bonds is 8. The van der Waals surface area contributed by atoms with Crippen LogP contribution in [-0.4, -0.2) is 149 Å². The molecule has 3 aromatic heterocycles. The fraction of sp³-hybridized carbons (Fsp3) is 0.583. The number of fused-ring (bicyclic) bond motifs is 7. The number of likely N-dealkylation sites (tertiary alicyclic amines) is 1. The van der Waals surface area contributed by atoms with Gasteiger partial charge in [0.1, 0.15) is 18.1 Å². The van der Waals surface area contributed by atoms with Gasteiger partial charge in [0.05, 0.1) is 60.1 Å². The number of aromatic nitrogens is 3. The molecule has 0 spiro atoms. The lowest BCUT2D eigenvalue weighted by Gasteiger charge is -2.37. The zero-order chi connectivity index (χ0) is 46.3. The number of pyridine rings is 1. The molecule has 3 fully saturated rings. The van der Waals surface area contributed by atoms with Gasteiger partial charge in [-0.2, -0.15) is 81.0 Å². The van der Waals surface area contributed by atoms with Gasteiger partial charge in [0.25, 0.3) is 5.91 Å². The molecule has 2 N–H and O–H groups in total. The van der Waals surface area contributed by atoms with E-state index in [4.69, 9.17) is 24.2 Å². The normalized spacial score (nSPS) is 21.8. The van der Waals surface area contributed by atoms with E-state index in [9.17, 15) is 19.2 Å². The lowest BCUT2D eigenvalue weighted by Crippen LogP contribution is -2.62. The quantitative estimate of drug-likeness (QED) is 0.200. The Hall–Kier alpha value is -2.84. The maximum atomic E-state index is 14.7. The number of nitrogens with one attached hydrogen (secondary N) is 2. The Morgan fingerprint density at radius 2 is 1.79 bits per heavy atom. The van der Waals surface area contributed by atoms with Crippen LogP contribution in [0.15, 0.2) is 41.9 Å². The fourth-order valence-electron chi connectivity index (χ4n) is 10.1. The van der Waals surface area contributed by atoms with Gasteiger partial charge in [0, 0.05) is 85.8 Å². The van der Waals surface area contributed by atoms with Crippen molar-refractivity contribution in [2.75, 3.05) is 60.6 Å². The summed E-state index contributed by atoms with van der Waals surface area (Å²) < 4.78 is 20.3. The van der Waals surface area contributed by atoms with E-state index in [1.165, 1.54) is 21.2 Å². The highest BCUT2D eigenvalue weighted by Crippen LogP contribution is 2.42. The second kappa shape index (κ2) is 27.1. The smallest absolute Gasteiger partial charge is 0.324 e. The van der Waals surface area contributed by atoms with Crippen molar-refractivity contribution in [1.29, 1.82) is 0 Å². The number of hydrazine groups is 1. The van der Waals surface area contributed by atoms with Crippen molar-refractivity contribution in [3.63, 3.8) is 0 Å². The number of methoxy groups -OCH3 is 1. The Morgan fingerprint density at radius 3 is 2.46 bits per heavy atom. The molecular formula is C48H77N9O7S7. The van der Waals surface area contributed by atoms with Crippen LogP contribution in [0.1, 0.15) is 76.8 Å². The number of thiazole rings is 1. The zero-order valence-electron chi connectivity index (χ0n) is 42.3. The number of morpholine rings is 1. The summed E-state index contributed by atoms with van der Waals surface area (Å²) in [6.45, 7) is 15.7. The molecule has 16 nitrogen and oxygen atoms in total. The SMILES string of the molecule is CCn1c(-c2cccnc2[C@H](C)OC)c2c3cc(ccc31)-c1csc(n1)C[C@H](NC(=O)[C@H](C(C)C)N(C)C(=O)N1C[C@@H]3OCCN(C)[C@H]3C1)C(=O)N1CCC[C@H](N1)C(=O)OCC(C)(C)C2.S.S.S.S.S.S. The molecular weight excluding hydrogens is 1040 g/mol. The zero-order valence-corrected chi connectivity index (χ0v) is 49.1. The van der Waals surface area contributed by atoms with E-state index in [0.717, 1.165) is 51.2 Å². The maximum absolute atomic E-state index is 14.7. The molecule has 23 heteroatoms. The Labute approximate surface area is 465 Å². The summed E-state index contributed by atoms with van der Waals surface area (Å²) in [6.07, 6.45) is 3.19. The molecule has 1 aromatic carbocycles. The molecule has 4 aromatic rings. The van der Waals surface area contributed by atoms with Gasteiger partial charge in [0.15, 0.2) is 0 Å². The number of likely N-dealkylation sites (N-methyl/N-ethyl adjacent to an activating group) is 2. The van der Waals surface area contributed by atoms with E-state index in [2.05, 4.69) is 65.2 Å². The number of ether oxygens (including phenoxy) is 3. The van der Waals surface area contributed by atoms with Crippen molar-refractivity contribution in [2.45, 2.75) is 110 Å². The van der Waals surface area contributed by atoms with Gasteiger partial charge >= 0.3 is 12.0 Å². The van der Waals surface area contributed by atoms with E-state index >= 15 is 0 Å². The predicted octanol–water partition coefficient (Wildman–Crippen LogP) is 5.97. The first kappa shape index (κ1) is 64.3. The molecule has 0 aliphatic carbocycles. The summed E-state index contributed by atoms with van der Waals surface area (Å²) in [5, 5.41) is 8.22. The number of hydrogen-bond donors (Lipinski definition) is 2. The average Bonchev–Trinajstić information content (AvgIpc) is 4.03. The molecule has 8 rings (SSSR count). The highest BCUT2D eigenvalue weighted by molar-refractivity contribution is 7.60. The number of amides is 4. The third-order valence-corrected chi connectivity index (χ3v) is 14.5. The van der Waals surface area contributed by atoms with Crippen molar-refractivity contribution in [3.05, 3.63) is 58.2 Å². The Balaban J connectivity index is 0.00000288. The molecule has 0 unspecified atom stereocenters. The van der Waals surface area contributed by atoms with Crippen LogP contribution in [-0.2, 0) is 48.0 Å². The largest absolute Gasteiger partial charge is 0.464 e. The van der Waals surface area contributed by atoms with Gasteiger partial charge in [-0.25, -0.2) is 15.2 Å². The Bertz CT molecular complexity index is 2440. The van der Waals surface area contributed by atoms with Crippen molar-refractivity contribution in [3.8, 4) is 22.5 Å². The lowest BCUT2D eigenvalue weighted by atomic mass is 9.84. The minimum Gasteiger partial charge on any atom is -0.464 e. The second-order valence-electron chi connectivity index (χ2n) is 19.2. The van der Waals surface area contributed by atoms with E-state index in [1.54, 1.807) is 25.3 Å². The molecule has 3 saturated heterocycles. The Morgan fingerprint density at radius 1 is 1.06 bits per heavy atom. The number of hydrogen-bond acceptors (Lipinski definition) is 12. The molecule has 71 heavy (non-hydrogen) atoms. The third kappa shape index (κ3) is 13.5. The van der Waals surface area contributed by atoms with Crippen molar-refractivity contribution < 1.29 is 33.4 Å². The summed E-state index contributed by atoms with van der Waals surface area (Å²) in [6, 6.07) is 7.59. The van der Waals surface area contributed by atoms with Crippen LogP contribution >= 0.6 is 92.3 Å². The molecule has 0 saturated carbocycles. The van der Waals surface area contributed by atoms with Gasteiger partial charge in [0.2, 0.25) is 5.91 Å². The molecule has 6 atom stereocenters.